The van der Waals surface area contributed by atoms with Gasteiger partial charge in [0.05, 0.1) is 10.6 Å². The van der Waals surface area contributed by atoms with Gasteiger partial charge in [-0.25, -0.2) is 0 Å². The molecule has 0 spiro atoms. The molecule has 1 rings (SSSR count). The molecule has 66 valence electrons. The molecule has 0 aromatic heterocycles. The van der Waals surface area contributed by atoms with Crippen molar-refractivity contribution < 1.29 is 9.90 Å². The fraction of sp³-hybridized carbons (Fsp3) is 0.111. The van der Waals surface area contributed by atoms with Crippen LogP contribution in [0.15, 0.2) is 12.1 Å². The maximum Gasteiger partial charge on any atom is 0.161 e. The minimum absolute atomic E-state index is 0.0506. The maximum atomic E-state index is 11.0. The largest absolute Gasteiger partial charge is 0.507 e. The molecule has 0 bridgehead atoms. The molecule has 4 heteroatoms. The number of halogens is 1. The van der Waals surface area contributed by atoms with Crippen molar-refractivity contribution in [2.45, 2.75) is 6.92 Å². The number of ketones is 1. The number of hydrogen-bond acceptors (Lipinski definition) is 3. The fourth-order valence-corrected chi connectivity index (χ4v) is 1.21. The van der Waals surface area contributed by atoms with Gasteiger partial charge in [0.1, 0.15) is 11.8 Å². The highest BCUT2D eigenvalue weighted by Gasteiger charge is 2.10. The van der Waals surface area contributed by atoms with Gasteiger partial charge in [0.15, 0.2) is 5.78 Å². The summed E-state index contributed by atoms with van der Waals surface area (Å²) < 4.78 is 0. The Hall–Kier alpha value is -1.53. The molecular weight excluding hydrogens is 190 g/mol. The third-order valence-electron chi connectivity index (χ3n) is 1.59. The summed E-state index contributed by atoms with van der Waals surface area (Å²) in [5.74, 6) is -0.445. The summed E-state index contributed by atoms with van der Waals surface area (Å²) in [5, 5.41) is 17.9. The van der Waals surface area contributed by atoms with Crippen LogP contribution in [0, 0.1) is 11.3 Å². The summed E-state index contributed by atoms with van der Waals surface area (Å²) in [7, 11) is 0. The highest BCUT2D eigenvalue weighted by molar-refractivity contribution is 6.34. The van der Waals surface area contributed by atoms with Crippen LogP contribution in [0.5, 0.6) is 5.75 Å². The number of carbonyl (C=O) groups excluding carboxylic acids is 1. The summed E-state index contributed by atoms with van der Waals surface area (Å²) in [6.45, 7) is 1.35. The summed E-state index contributed by atoms with van der Waals surface area (Å²) in [6, 6.07) is 4.23. The third kappa shape index (κ3) is 1.79. The van der Waals surface area contributed by atoms with Crippen LogP contribution >= 0.6 is 11.6 Å². The molecule has 3 nitrogen and oxygen atoms in total. The van der Waals surface area contributed by atoms with Gasteiger partial charge in [-0.3, -0.25) is 4.79 Å². The van der Waals surface area contributed by atoms with Gasteiger partial charge in [0, 0.05) is 11.6 Å². The number of rotatable bonds is 1. The molecule has 0 aliphatic rings. The van der Waals surface area contributed by atoms with Gasteiger partial charge in [0.25, 0.3) is 0 Å². The van der Waals surface area contributed by atoms with Crippen LogP contribution in [0.2, 0.25) is 5.02 Å². The first-order valence-corrected chi connectivity index (χ1v) is 3.87. The van der Waals surface area contributed by atoms with E-state index in [4.69, 9.17) is 16.9 Å². The quantitative estimate of drug-likeness (QED) is 0.699. The minimum Gasteiger partial charge on any atom is -0.507 e. The molecular formula is C9H6ClNO2. The lowest BCUT2D eigenvalue weighted by atomic mass is 10.1. The second-order valence-electron chi connectivity index (χ2n) is 2.52. The predicted molar refractivity (Wildman–Crippen MR) is 47.8 cm³/mol. The predicted octanol–water partition coefficient (Wildman–Crippen LogP) is 2.12. The lowest BCUT2D eigenvalue weighted by Crippen LogP contribution is -1.94. The number of aromatic hydroxyl groups is 1. The zero-order valence-corrected chi connectivity index (χ0v) is 7.59. The van der Waals surface area contributed by atoms with Crippen molar-refractivity contribution in [3.8, 4) is 11.8 Å². The Morgan fingerprint density at radius 1 is 1.62 bits per heavy atom. The van der Waals surface area contributed by atoms with Crippen LogP contribution < -0.4 is 0 Å². The molecule has 1 aromatic carbocycles. The van der Waals surface area contributed by atoms with Gasteiger partial charge in [-0.15, -0.1) is 0 Å². The van der Waals surface area contributed by atoms with E-state index in [1.54, 1.807) is 6.07 Å². The molecule has 13 heavy (non-hydrogen) atoms. The smallest absolute Gasteiger partial charge is 0.161 e. The van der Waals surface area contributed by atoms with Crippen LogP contribution in [0.3, 0.4) is 0 Å². The Labute approximate surface area is 80.2 Å². The molecule has 0 aliphatic carbocycles. The van der Waals surface area contributed by atoms with E-state index in [0.717, 1.165) is 0 Å². The van der Waals surface area contributed by atoms with Crippen LogP contribution in [0.4, 0.5) is 0 Å². The highest BCUT2D eigenvalue weighted by atomic mass is 35.5. The molecule has 0 unspecified atom stereocenters. The van der Waals surface area contributed by atoms with Crippen LogP contribution in [0.25, 0.3) is 0 Å². The normalized spacial score (nSPS) is 9.31. The van der Waals surface area contributed by atoms with Gasteiger partial charge in [-0.1, -0.05) is 11.6 Å². The van der Waals surface area contributed by atoms with E-state index in [1.807, 2.05) is 0 Å². The van der Waals surface area contributed by atoms with Gasteiger partial charge >= 0.3 is 0 Å². The van der Waals surface area contributed by atoms with Crippen molar-refractivity contribution in [1.29, 1.82) is 5.26 Å². The molecule has 0 radical (unpaired) electrons. The SMILES string of the molecule is CC(=O)c1cc(C#N)c(O)cc1Cl. The Balaban J connectivity index is 3.41. The molecule has 0 aliphatic heterocycles. The Bertz CT molecular complexity index is 407. The second-order valence-corrected chi connectivity index (χ2v) is 2.92. The van der Waals surface area contributed by atoms with Crippen molar-refractivity contribution in [3.05, 3.63) is 28.3 Å². The minimum atomic E-state index is -0.235. The van der Waals surface area contributed by atoms with E-state index in [9.17, 15) is 9.90 Å². The zero-order chi connectivity index (χ0) is 10.0. The van der Waals surface area contributed by atoms with Crippen LogP contribution in [0.1, 0.15) is 22.8 Å². The van der Waals surface area contributed by atoms with E-state index in [1.165, 1.54) is 19.1 Å². The number of phenols is 1. The van der Waals surface area contributed by atoms with Crippen molar-refractivity contribution in [2.24, 2.45) is 0 Å². The first-order valence-electron chi connectivity index (χ1n) is 3.50. The third-order valence-corrected chi connectivity index (χ3v) is 1.90. The fourth-order valence-electron chi connectivity index (χ4n) is 0.922. The molecule has 1 aromatic rings. The van der Waals surface area contributed by atoms with Crippen molar-refractivity contribution in [2.75, 3.05) is 0 Å². The average molecular weight is 196 g/mol. The Morgan fingerprint density at radius 3 is 2.69 bits per heavy atom. The van der Waals surface area contributed by atoms with Gasteiger partial charge in [0.2, 0.25) is 0 Å². The molecule has 0 atom stereocenters. The first kappa shape index (κ1) is 9.56. The molecule has 1 N–H and O–H groups in total. The molecule has 0 heterocycles. The lowest BCUT2D eigenvalue weighted by Gasteiger charge is -2.01. The molecule has 0 saturated carbocycles. The van der Waals surface area contributed by atoms with Gasteiger partial charge in [-0.2, -0.15) is 5.26 Å². The number of nitrogens with zero attached hydrogens (tertiary/aromatic N) is 1. The summed E-state index contributed by atoms with van der Waals surface area (Å²) >= 11 is 5.66. The van der Waals surface area contributed by atoms with Crippen LogP contribution in [-0.2, 0) is 0 Å². The summed E-state index contributed by atoms with van der Waals surface area (Å²) in [5.41, 5.74) is 0.297. The lowest BCUT2D eigenvalue weighted by molar-refractivity contribution is 0.101. The topological polar surface area (TPSA) is 61.1 Å². The van der Waals surface area contributed by atoms with E-state index in [0.29, 0.717) is 0 Å². The average Bonchev–Trinajstić information content (AvgIpc) is 2.03. The van der Waals surface area contributed by atoms with Crippen LogP contribution in [-0.4, -0.2) is 10.9 Å². The number of nitriles is 1. The van der Waals surface area contributed by atoms with E-state index in [2.05, 4.69) is 0 Å². The summed E-state index contributed by atoms with van der Waals surface area (Å²) in [6.07, 6.45) is 0. The van der Waals surface area contributed by atoms with Gasteiger partial charge < -0.3 is 5.11 Å². The highest BCUT2D eigenvalue weighted by Crippen LogP contribution is 2.25. The van der Waals surface area contributed by atoms with E-state index >= 15 is 0 Å². The number of phenolic OH excluding ortho intramolecular Hbond substituents is 1. The van der Waals surface area contributed by atoms with Crippen molar-refractivity contribution >= 4 is 17.4 Å². The van der Waals surface area contributed by atoms with E-state index in [-0.39, 0.29) is 27.7 Å². The standard InChI is InChI=1S/C9H6ClNO2/c1-5(12)7-2-6(4-11)9(13)3-8(7)10/h2-3,13H,1H3. The van der Waals surface area contributed by atoms with E-state index < -0.39 is 0 Å². The molecule has 0 fully saturated rings. The maximum absolute atomic E-state index is 11.0. The summed E-state index contributed by atoms with van der Waals surface area (Å²) in [4.78, 5) is 11.0. The Kier molecular flexibility index (Phi) is 2.54. The number of carbonyl (C=O) groups is 1. The number of hydrogen-bond donors (Lipinski definition) is 1. The zero-order valence-electron chi connectivity index (χ0n) is 6.84. The molecule has 0 amide bonds. The molecule has 0 saturated heterocycles. The monoisotopic (exact) mass is 195 g/mol. The van der Waals surface area contributed by atoms with Gasteiger partial charge in [-0.05, 0) is 13.0 Å². The number of Topliss-reactive ketones (excluding diaryl/α,β-unsaturated/α-hetero) is 1. The number of benzene rings is 1. The second kappa shape index (κ2) is 3.46. The first-order chi connectivity index (χ1) is 6.06. The van der Waals surface area contributed by atoms with Crippen molar-refractivity contribution in [3.63, 3.8) is 0 Å². The Morgan fingerprint density at radius 2 is 2.23 bits per heavy atom. The van der Waals surface area contributed by atoms with Crippen molar-refractivity contribution in [1.82, 2.24) is 0 Å².